The summed E-state index contributed by atoms with van der Waals surface area (Å²) in [5, 5.41) is 9.28. The van der Waals surface area contributed by atoms with Crippen molar-refractivity contribution in [2.75, 3.05) is 13.2 Å². The molecule has 1 aromatic carbocycles. The van der Waals surface area contributed by atoms with Gasteiger partial charge in [-0.2, -0.15) is 0 Å². The molecule has 0 radical (unpaired) electrons. The first-order valence-electron chi connectivity index (χ1n) is 5.67. The Labute approximate surface area is 101 Å². The first-order valence-corrected chi connectivity index (χ1v) is 5.67. The van der Waals surface area contributed by atoms with E-state index in [2.05, 4.69) is 6.58 Å². The van der Waals surface area contributed by atoms with Crippen molar-refractivity contribution >= 4 is 11.6 Å². The second kappa shape index (κ2) is 4.00. The van der Waals surface area contributed by atoms with Gasteiger partial charge in [-0.3, -0.25) is 4.79 Å². The minimum absolute atomic E-state index is 0.0212. The maximum absolute atomic E-state index is 12.2. The van der Waals surface area contributed by atoms with Crippen LogP contribution in [0.3, 0.4) is 0 Å². The van der Waals surface area contributed by atoms with E-state index in [-0.39, 0.29) is 17.9 Å². The second-order valence-corrected chi connectivity index (χ2v) is 5.21. The van der Waals surface area contributed by atoms with E-state index < -0.39 is 0 Å². The molecule has 1 aromatic rings. The van der Waals surface area contributed by atoms with Gasteiger partial charge in [-0.05, 0) is 6.07 Å². The molecule has 1 amide bonds. The summed E-state index contributed by atoms with van der Waals surface area (Å²) < 4.78 is 0. The number of carbonyl (C=O) groups excluding carboxylic acids is 1. The average molecular weight is 231 g/mol. The van der Waals surface area contributed by atoms with Gasteiger partial charge in [0.05, 0.1) is 0 Å². The topological polar surface area (TPSA) is 40.5 Å². The largest absolute Gasteiger partial charge is 0.396 e. The van der Waals surface area contributed by atoms with E-state index in [0.29, 0.717) is 12.1 Å². The molecule has 0 unspecified atom stereocenters. The zero-order valence-corrected chi connectivity index (χ0v) is 10.2. The van der Waals surface area contributed by atoms with E-state index in [1.807, 2.05) is 38.1 Å². The molecule has 0 saturated carbocycles. The molecular formula is C14H17NO2. The molecule has 2 rings (SSSR count). The number of nitrogens with zero attached hydrogens (tertiary/aromatic N) is 1. The molecule has 1 aliphatic heterocycles. The lowest BCUT2D eigenvalue weighted by Gasteiger charge is -2.28. The third kappa shape index (κ3) is 1.98. The Bertz CT molecular complexity index is 442. The molecule has 1 aliphatic rings. The third-order valence-corrected chi connectivity index (χ3v) is 3.05. The van der Waals surface area contributed by atoms with Crippen molar-refractivity contribution in [3.8, 4) is 0 Å². The van der Waals surface area contributed by atoms with Crippen molar-refractivity contribution < 1.29 is 9.90 Å². The Morgan fingerprint density at radius 2 is 1.88 bits per heavy atom. The third-order valence-electron chi connectivity index (χ3n) is 3.05. The van der Waals surface area contributed by atoms with Crippen LogP contribution in [-0.4, -0.2) is 29.1 Å². The minimum Gasteiger partial charge on any atom is -0.396 e. The summed E-state index contributed by atoms with van der Waals surface area (Å²) in [6.45, 7) is 8.35. The van der Waals surface area contributed by atoms with Crippen molar-refractivity contribution in [3.63, 3.8) is 0 Å². The number of rotatable bonds is 3. The van der Waals surface area contributed by atoms with Crippen LogP contribution < -0.4 is 0 Å². The molecule has 0 fully saturated rings. The predicted octanol–water partition coefficient (Wildman–Crippen LogP) is 2.13. The number of aliphatic hydroxyl groups excluding tert-OH is 1. The van der Waals surface area contributed by atoms with Gasteiger partial charge in [0.1, 0.15) is 0 Å². The fourth-order valence-corrected chi connectivity index (χ4v) is 1.98. The first kappa shape index (κ1) is 11.9. The number of benzene rings is 1. The van der Waals surface area contributed by atoms with Gasteiger partial charge in [-0.1, -0.05) is 38.6 Å². The summed E-state index contributed by atoms with van der Waals surface area (Å²) in [7, 11) is 0. The van der Waals surface area contributed by atoms with Crippen molar-refractivity contribution in [1.82, 2.24) is 4.90 Å². The number of amides is 1. The smallest absolute Gasteiger partial charge is 0.258 e. The van der Waals surface area contributed by atoms with Crippen LogP contribution in [0.1, 0.15) is 29.8 Å². The van der Waals surface area contributed by atoms with E-state index in [0.717, 1.165) is 11.3 Å². The van der Waals surface area contributed by atoms with Gasteiger partial charge in [0.2, 0.25) is 0 Å². The Kier molecular flexibility index (Phi) is 2.79. The zero-order valence-electron chi connectivity index (χ0n) is 10.2. The lowest BCUT2D eigenvalue weighted by atomic mass is 9.94. The van der Waals surface area contributed by atoms with Crippen molar-refractivity contribution in [2.24, 2.45) is 5.41 Å². The van der Waals surface area contributed by atoms with Crippen molar-refractivity contribution in [1.29, 1.82) is 0 Å². The average Bonchev–Trinajstić information content (AvgIpc) is 2.55. The van der Waals surface area contributed by atoms with E-state index in [4.69, 9.17) is 0 Å². The van der Waals surface area contributed by atoms with Crippen LogP contribution in [-0.2, 0) is 0 Å². The summed E-state index contributed by atoms with van der Waals surface area (Å²) in [5.41, 5.74) is 2.00. The molecule has 17 heavy (non-hydrogen) atoms. The van der Waals surface area contributed by atoms with Crippen LogP contribution in [0.15, 0.2) is 30.8 Å². The van der Waals surface area contributed by atoms with Crippen LogP contribution in [0.2, 0.25) is 0 Å². The van der Waals surface area contributed by atoms with E-state index in [1.165, 1.54) is 0 Å². The molecule has 0 aliphatic carbocycles. The summed E-state index contributed by atoms with van der Waals surface area (Å²) in [6, 6.07) is 7.47. The monoisotopic (exact) mass is 231 g/mol. The summed E-state index contributed by atoms with van der Waals surface area (Å²) in [4.78, 5) is 13.8. The van der Waals surface area contributed by atoms with Gasteiger partial charge in [-0.25, -0.2) is 0 Å². The Morgan fingerprint density at radius 1 is 1.29 bits per heavy atom. The lowest BCUT2D eigenvalue weighted by Crippen LogP contribution is -2.35. The van der Waals surface area contributed by atoms with Crippen LogP contribution in [0.25, 0.3) is 5.70 Å². The normalized spacial score (nSPS) is 15.4. The second-order valence-electron chi connectivity index (χ2n) is 5.21. The highest BCUT2D eigenvalue weighted by atomic mass is 16.3. The SMILES string of the molecule is C=C1c2ccccc2C(=O)N1CC(C)(C)CO. The summed E-state index contributed by atoms with van der Waals surface area (Å²) >= 11 is 0. The molecule has 0 aromatic heterocycles. The van der Waals surface area contributed by atoms with Crippen LogP contribution in [0.4, 0.5) is 0 Å². The molecule has 90 valence electrons. The van der Waals surface area contributed by atoms with Gasteiger partial charge in [0.25, 0.3) is 5.91 Å². The first-order chi connectivity index (χ1) is 7.96. The number of aliphatic hydroxyl groups is 1. The standard InChI is InChI=1S/C14H17NO2/c1-10-11-6-4-5-7-12(11)13(17)15(10)8-14(2,3)9-16/h4-7,16H,1,8-9H2,2-3H3. The highest BCUT2D eigenvalue weighted by Gasteiger charge is 2.34. The van der Waals surface area contributed by atoms with Gasteiger partial charge >= 0.3 is 0 Å². The fourth-order valence-electron chi connectivity index (χ4n) is 1.98. The highest BCUT2D eigenvalue weighted by Crippen LogP contribution is 2.33. The molecular weight excluding hydrogens is 214 g/mol. The number of hydrogen-bond donors (Lipinski definition) is 1. The van der Waals surface area contributed by atoms with Crippen molar-refractivity contribution in [3.05, 3.63) is 42.0 Å². The number of carbonyl (C=O) groups is 1. The maximum atomic E-state index is 12.2. The van der Waals surface area contributed by atoms with Crippen LogP contribution >= 0.6 is 0 Å². The number of hydrogen-bond acceptors (Lipinski definition) is 2. The molecule has 1 heterocycles. The van der Waals surface area contributed by atoms with Gasteiger partial charge in [-0.15, -0.1) is 0 Å². The Morgan fingerprint density at radius 3 is 2.41 bits per heavy atom. The van der Waals surface area contributed by atoms with Crippen LogP contribution in [0, 0.1) is 5.41 Å². The molecule has 1 N–H and O–H groups in total. The summed E-state index contributed by atoms with van der Waals surface area (Å²) in [5.74, 6) is -0.0212. The highest BCUT2D eigenvalue weighted by molar-refractivity contribution is 6.08. The summed E-state index contributed by atoms with van der Waals surface area (Å²) in [6.07, 6.45) is 0. The minimum atomic E-state index is -0.319. The molecule has 0 saturated heterocycles. The number of fused-ring (bicyclic) bond motifs is 1. The zero-order chi connectivity index (χ0) is 12.6. The molecule has 0 spiro atoms. The molecule has 0 atom stereocenters. The molecule has 3 nitrogen and oxygen atoms in total. The molecule has 3 heteroatoms. The van der Waals surface area contributed by atoms with E-state index >= 15 is 0 Å². The van der Waals surface area contributed by atoms with Crippen LogP contribution in [0.5, 0.6) is 0 Å². The van der Waals surface area contributed by atoms with Gasteiger partial charge in [0.15, 0.2) is 0 Å². The van der Waals surface area contributed by atoms with Gasteiger partial charge < -0.3 is 10.0 Å². The fraction of sp³-hybridized carbons (Fsp3) is 0.357. The maximum Gasteiger partial charge on any atom is 0.258 e. The molecule has 0 bridgehead atoms. The quantitative estimate of drug-likeness (QED) is 0.865. The van der Waals surface area contributed by atoms with Gasteiger partial charge in [0, 0.05) is 35.4 Å². The Hall–Kier alpha value is -1.61. The lowest BCUT2D eigenvalue weighted by molar-refractivity contribution is 0.0746. The van der Waals surface area contributed by atoms with E-state index in [1.54, 1.807) is 4.90 Å². The Balaban J connectivity index is 2.31. The predicted molar refractivity (Wildman–Crippen MR) is 67.4 cm³/mol. The van der Waals surface area contributed by atoms with Crippen molar-refractivity contribution in [2.45, 2.75) is 13.8 Å². The van der Waals surface area contributed by atoms with E-state index in [9.17, 15) is 9.90 Å².